The van der Waals surface area contributed by atoms with Gasteiger partial charge in [0.05, 0.1) is 5.69 Å². The summed E-state index contributed by atoms with van der Waals surface area (Å²) in [5.41, 5.74) is 6.48. The zero-order valence-electron chi connectivity index (χ0n) is 16.8. The number of hydrogen-bond donors (Lipinski definition) is 1. The highest BCUT2D eigenvalue weighted by Gasteiger charge is 2.11. The van der Waals surface area contributed by atoms with Crippen LogP contribution in [0.2, 0.25) is 0 Å². The quantitative estimate of drug-likeness (QED) is 0.576. The second kappa shape index (κ2) is 7.35. The lowest BCUT2D eigenvalue weighted by Crippen LogP contribution is -2.13. The maximum Gasteiger partial charge on any atom is 0.255 e. The first-order valence-electron chi connectivity index (χ1n) is 9.37. The van der Waals surface area contributed by atoms with Crippen molar-refractivity contribution in [2.75, 3.05) is 5.32 Å². The number of carbonyl (C=O) groups is 1. The highest BCUT2D eigenvalue weighted by Crippen LogP contribution is 2.21. The first kappa shape index (κ1) is 18.6. The van der Waals surface area contributed by atoms with E-state index in [1.54, 1.807) is 4.68 Å². The minimum Gasteiger partial charge on any atom is -0.322 e. The molecule has 2 aromatic heterocycles. The van der Waals surface area contributed by atoms with Gasteiger partial charge in [0.1, 0.15) is 0 Å². The Morgan fingerprint density at radius 3 is 2.21 bits per heavy atom. The average Bonchev–Trinajstić information content (AvgIpc) is 3.28. The Hall–Kier alpha value is -3.74. The summed E-state index contributed by atoms with van der Waals surface area (Å²) in [7, 11) is 0. The zero-order chi connectivity index (χ0) is 20.5. The van der Waals surface area contributed by atoms with E-state index in [0.717, 1.165) is 28.3 Å². The second-order valence-corrected chi connectivity index (χ2v) is 7.09. The van der Waals surface area contributed by atoms with E-state index in [0.29, 0.717) is 17.1 Å². The van der Waals surface area contributed by atoms with Gasteiger partial charge in [-0.15, -0.1) is 5.10 Å². The number of rotatable bonds is 4. The Bertz CT molecular complexity index is 1170. The SMILES string of the molecule is Cc1ccc(NC(=O)c2ccc(-n3c(C)ccc3C)cc2)cc1-n1nnnc1C. The summed E-state index contributed by atoms with van der Waals surface area (Å²) >= 11 is 0. The molecule has 0 saturated carbocycles. The van der Waals surface area contributed by atoms with Gasteiger partial charge in [-0.1, -0.05) is 6.07 Å². The van der Waals surface area contributed by atoms with E-state index in [-0.39, 0.29) is 5.91 Å². The molecular formula is C22H22N6O. The van der Waals surface area contributed by atoms with Crippen LogP contribution in [0, 0.1) is 27.7 Å². The van der Waals surface area contributed by atoms with Gasteiger partial charge in [-0.05, 0) is 92.2 Å². The standard InChI is InChI=1S/C22H22N6O/c1-14-5-10-19(13-21(14)28-17(4)24-25-26-28)23-22(29)18-8-11-20(12-9-18)27-15(2)6-7-16(27)3/h5-13H,1-4H3,(H,23,29). The number of amides is 1. The summed E-state index contributed by atoms with van der Waals surface area (Å²) in [6.07, 6.45) is 0. The number of carbonyl (C=O) groups excluding carboxylic acids is 1. The smallest absolute Gasteiger partial charge is 0.255 e. The summed E-state index contributed by atoms with van der Waals surface area (Å²) < 4.78 is 3.81. The summed E-state index contributed by atoms with van der Waals surface area (Å²) in [6.45, 7) is 7.94. The lowest BCUT2D eigenvalue weighted by atomic mass is 10.1. The molecule has 0 spiro atoms. The molecule has 4 aromatic rings. The van der Waals surface area contributed by atoms with Gasteiger partial charge in [-0.2, -0.15) is 4.68 Å². The Labute approximate surface area is 169 Å². The molecule has 0 unspecified atom stereocenters. The largest absolute Gasteiger partial charge is 0.322 e. The van der Waals surface area contributed by atoms with Crippen LogP contribution in [0.1, 0.15) is 33.1 Å². The molecule has 0 bridgehead atoms. The van der Waals surface area contributed by atoms with Crippen molar-refractivity contribution in [1.29, 1.82) is 0 Å². The summed E-state index contributed by atoms with van der Waals surface area (Å²) in [5.74, 6) is 0.517. The Kier molecular flexibility index (Phi) is 4.72. The molecule has 0 fully saturated rings. The number of tetrazole rings is 1. The van der Waals surface area contributed by atoms with Crippen LogP contribution in [-0.4, -0.2) is 30.7 Å². The Morgan fingerprint density at radius 2 is 1.59 bits per heavy atom. The number of benzene rings is 2. The maximum absolute atomic E-state index is 12.7. The fourth-order valence-electron chi connectivity index (χ4n) is 3.41. The molecule has 0 aliphatic carbocycles. The molecule has 146 valence electrons. The van der Waals surface area contributed by atoms with Gasteiger partial charge in [-0.25, -0.2) is 0 Å². The van der Waals surface area contributed by atoms with E-state index in [1.165, 1.54) is 0 Å². The predicted molar refractivity (Wildman–Crippen MR) is 112 cm³/mol. The molecule has 0 aliphatic heterocycles. The molecule has 0 aliphatic rings. The van der Waals surface area contributed by atoms with Crippen LogP contribution in [0.15, 0.2) is 54.6 Å². The van der Waals surface area contributed by atoms with Gasteiger partial charge in [0, 0.05) is 28.3 Å². The van der Waals surface area contributed by atoms with Crippen molar-refractivity contribution in [2.45, 2.75) is 27.7 Å². The molecule has 0 atom stereocenters. The highest BCUT2D eigenvalue weighted by atomic mass is 16.1. The topological polar surface area (TPSA) is 77.6 Å². The number of nitrogens with zero attached hydrogens (tertiary/aromatic N) is 5. The van der Waals surface area contributed by atoms with Crippen LogP contribution in [0.3, 0.4) is 0 Å². The molecule has 4 rings (SSSR count). The predicted octanol–water partition coefficient (Wildman–Crippen LogP) is 3.94. The van der Waals surface area contributed by atoms with Crippen LogP contribution < -0.4 is 5.32 Å². The van der Waals surface area contributed by atoms with E-state index in [9.17, 15) is 4.79 Å². The average molecular weight is 386 g/mol. The van der Waals surface area contributed by atoms with Crippen molar-refractivity contribution in [1.82, 2.24) is 24.8 Å². The fraction of sp³-hybridized carbons (Fsp3) is 0.182. The van der Waals surface area contributed by atoms with Crippen LogP contribution in [0.4, 0.5) is 5.69 Å². The van der Waals surface area contributed by atoms with E-state index in [2.05, 4.69) is 51.4 Å². The lowest BCUT2D eigenvalue weighted by Gasteiger charge is -2.12. The van der Waals surface area contributed by atoms with Crippen molar-refractivity contribution in [3.05, 3.63) is 82.9 Å². The van der Waals surface area contributed by atoms with Gasteiger partial charge in [0.2, 0.25) is 0 Å². The van der Waals surface area contributed by atoms with Crippen LogP contribution in [0.25, 0.3) is 11.4 Å². The number of nitrogens with one attached hydrogen (secondary N) is 1. The summed E-state index contributed by atoms with van der Waals surface area (Å²) in [5, 5.41) is 14.6. The van der Waals surface area contributed by atoms with Crippen molar-refractivity contribution in [3.8, 4) is 11.4 Å². The molecule has 7 heteroatoms. The molecule has 0 saturated heterocycles. The number of hydrogen-bond acceptors (Lipinski definition) is 4. The number of aryl methyl sites for hydroxylation is 4. The Morgan fingerprint density at radius 1 is 0.897 bits per heavy atom. The molecule has 1 N–H and O–H groups in total. The summed E-state index contributed by atoms with van der Waals surface area (Å²) in [4.78, 5) is 12.7. The van der Waals surface area contributed by atoms with E-state index in [4.69, 9.17) is 0 Å². The van der Waals surface area contributed by atoms with Crippen LogP contribution in [-0.2, 0) is 0 Å². The Balaban J connectivity index is 1.56. The highest BCUT2D eigenvalue weighted by molar-refractivity contribution is 6.04. The van der Waals surface area contributed by atoms with Crippen LogP contribution >= 0.6 is 0 Å². The molecule has 1 amide bonds. The lowest BCUT2D eigenvalue weighted by molar-refractivity contribution is 0.102. The fourth-order valence-corrected chi connectivity index (χ4v) is 3.41. The molecule has 7 nitrogen and oxygen atoms in total. The van der Waals surface area contributed by atoms with Gasteiger partial charge in [0.15, 0.2) is 5.82 Å². The third kappa shape index (κ3) is 3.54. The van der Waals surface area contributed by atoms with Gasteiger partial charge in [-0.3, -0.25) is 4.79 Å². The normalized spacial score (nSPS) is 10.9. The maximum atomic E-state index is 12.7. The van der Waals surface area contributed by atoms with Crippen molar-refractivity contribution in [2.24, 2.45) is 0 Å². The number of anilines is 1. The first-order valence-corrected chi connectivity index (χ1v) is 9.37. The van der Waals surface area contributed by atoms with Crippen molar-refractivity contribution < 1.29 is 4.79 Å². The van der Waals surface area contributed by atoms with Gasteiger partial charge < -0.3 is 9.88 Å². The first-order chi connectivity index (χ1) is 13.9. The molecular weight excluding hydrogens is 364 g/mol. The van der Waals surface area contributed by atoms with Crippen molar-refractivity contribution >= 4 is 11.6 Å². The molecule has 2 aromatic carbocycles. The van der Waals surface area contributed by atoms with Gasteiger partial charge >= 0.3 is 0 Å². The third-order valence-corrected chi connectivity index (χ3v) is 4.98. The molecule has 0 radical (unpaired) electrons. The minimum atomic E-state index is -0.166. The van der Waals surface area contributed by atoms with E-state index in [1.807, 2.05) is 56.3 Å². The third-order valence-electron chi connectivity index (χ3n) is 4.98. The van der Waals surface area contributed by atoms with Crippen molar-refractivity contribution in [3.63, 3.8) is 0 Å². The number of aromatic nitrogens is 5. The molecule has 29 heavy (non-hydrogen) atoms. The van der Waals surface area contributed by atoms with E-state index < -0.39 is 0 Å². The minimum absolute atomic E-state index is 0.166. The molecule has 2 heterocycles. The monoisotopic (exact) mass is 386 g/mol. The van der Waals surface area contributed by atoms with Crippen LogP contribution in [0.5, 0.6) is 0 Å². The van der Waals surface area contributed by atoms with Gasteiger partial charge in [0.25, 0.3) is 5.91 Å². The second-order valence-electron chi connectivity index (χ2n) is 7.09. The van der Waals surface area contributed by atoms with E-state index >= 15 is 0 Å². The zero-order valence-corrected chi connectivity index (χ0v) is 16.8. The summed E-state index contributed by atoms with van der Waals surface area (Å²) in [6, 6.07) is 17.4.